The molecule has 8 heteroatoms. The van der Waals surface area contributed by atoms with E-state index in [-0.39, 0.29) is 5.91 Å². The van der Waals surface area contributed by atoms with E-state index in [2.05, 4.69) is 25.9 Å². The van der Waals surface area contributed by atoms with Crippen molar-refractivity contribution in [3.8, 4) is 11.5 Å². The first kappa shape index (κ1) is 21.4. The number of guanidine groups is 1. The van der Waals surface area contributed by atoms with Crippen LogP contribution in [0, 0.1) is 0 Å². The molecule has 0 atom stereocenters. The minimum absolute atomic E-state index is 0.208. The van der Waals surface area contributed by atoms with Gasteiger partial charge in [-0.2, -0.15) is 0 Å². The number of aromatic nitrogens is 1. The minimum atomic E-state index is -0.208. The Labute approximate surface area is 180 Å². The summed E-state index contributed by atoms with van der Waals surface area (Å²) in [4.78, 5) is 21.2. The Balaban J connectivity index is 1.49. The maximum Gasteiger partial charge on any atom is 0.252 e. The quantitative estimate of drug-likeness (QED) is 0.292. The Kier molecular flexibility index (Phi) is 7.86. The number of oxazole rings is 1. The highest BCUT2D eigenvalue weighted by Gasteiger charge is 2.09. The largest absolute Gasteiger partial charge is 0.444 e. The van der Waals surface area contributed by atoms with Crippen LogP contribution < -0.4 is 16.0 Å². The molecule has 1 aromatic heterocycles. The lowest BCUT2D eigenvalue weighted by Gasteiger charge is -2.12. The maximum absolute atomic E-state index is 12.2. The van der Waals surface area contributed by atoms with E-state index in [4.69, 9.17) is 16.0 Å². The molecule has 0 aliphatic carbocycles. The van der Waals surface area contributed by atoms with Gasteiger partial charge in [-0.05, 0) is 31.2 Å². The van der Waals surface area contributed by atoms with Crippen molar-refractivity contribution >= 4 is 23.5 Å². The van der Waals surface area contributed by atoms with E-state index in [1.807, 2.05) is 37.3 Å². The van der Waals surface area contributed by atoms with Crippen LogP contribution in [0.2, 0.25) is 5.02 Å². The number of carbonyl (C=O) groups excluding carboxylic acids is 1. The summed E-state index contributed by atoms with van der Waals surface area (Å²) in [5, 5.41) is 9.62. The summed E-state index contributed by atoms with van der Waals surface area (Å²) in [5.41, 5.74) is 2.12. The molecule has 3 aromatic rings. The molecule has 0 fully saturated rings. The standard InChI is InChI=1S/C22H24ClN5O2/c1-2-24-22(26-13-12-25-20(29)18-10-6-7-11-19(18)23)27-14-17-15-30-21(28-17)16-8-4-3-5-9-16/h3-11,15H,2,12-14H2,1H3,(H,25,29)(H2,24,26,27). The van der Waals surface area contributed by atoms with Gasteiger partial charge in [-0.15, -0.1) is 0 Å². The molecule has 7 nitrogen and oxygen atoms in total. The molecule has 3 N–H and O–H groups in total. The van der Waals surface area contributed by atoms with E-state index < -0.39 is 0 Å². The molecule has 2 aromatic carbocycles. The number of carbonyl (C=O) groups is 1. The van der Waals surface area contributed by atoms with Crippen molar-refractivity contribution < 1.29 is 9.21 Å². The number of nitrogens with zero attached hydrogens (tertiary/aromatic N) is 2. The van der Waals surface area contributed by atoms with Gasteiger partial charge >= 0.3 is 0 Å². The van der Waals surface area contributed by atoms with Crippen molar-refractivity contribution in [2.45, 2.75) is 13.5 Å². The Morgan fingerprint density at radius 2 is 1.77 bits per heavy atom. The predicted octanol–water partition coefficient (Wildman–Crippen LogP) is 3.48. The molecule has 30 heavy (non-hydrogen) atoms. The molecule has 3 rings (SSSR count). The molecule has 0 spiro atoms. The summed E-state index contributed by atoms with van der Waals surface area (Å²) in [6, 6.07) is 16.7. The van der Waals surface area contributed by atoms with Gasteiger partial charge < -0.3 is 20.4 Å². The Morgan fingerprint density at radius 3 is 2.53 bits per heavy atom. The highest BCUT2D eigenvalue weighted by Crippen LogP contribution is 2.18. The van der Waals surface area contributed by atoms with Crippen LogP contribution in [-0.2, 0) is 6.54 Å². The number of halogens is 1. The molecule has 0 aliphatic rings. The number of hydrogen-bond acceptors (Lipinski definition) is 4. The summed E-state index contributed by atoms with van der Waals surface area (Å²) >= 11 is 6.04. The van der Waals surface area contributed by atoms with Crippen LogP contribution in [0.1, 0.15) is 23.0 Å². The second-order valence-corrected chi connectivity index (χ2v) is 6.77. The zero-order chi connectivity index (χ0) is 21.2. The molecule has 0 saturated carbocycles. The third-order valence-corrected chi connectivity index (χ3v) is 4.47. The summed E-state index contributed by atoms with van der Waals surface area (Å²) < 4.78 is 5.54. The fourth-order valence-corrected chi connectivity index (χ4v) is 2.91. The zero-order valence-electron chi connectivity index (χ0n) is 16.7. The molecular formula is C22H24ClN5O2. The molecular weight excluding hydrogens is 402 g/mol. The average molecular weight is 426 g/mol. The van der Waals surface area contributed by atoms with E-state index in [0.29, 0.717) is 48.6 Å². The average Bonchev–Trinajstić information content (AvgIpc) is 3.25. The number of rotatable bonds is 8. The Morgan fingerprint density at radius 1 is 1.03 bits per heavy atom. The monoisotopic (exact) mass is 425 g/mol. The first-order chi connectivity index (χ1) is 14.7. The van der Waals surface area contributed by atoms with Crippen molar-refractivity contribution in [3.63, 3.8) is 0 Å². The minimum Gasteiger partial charge on any atom is -0.444 e. The van der Waals surface area contributed by atoms with Crippen LogP contribution in [0.3, 0.4) is 0 Å². The number of nitrogens with one attached hydrogen (secondary N) is 3. The van der Waals surface area contributed by atoms with Crippen molar-refractivity contribution in [1.29, 1.82) is 0 Å². The molecule has 1 amide bonds. The summed E-state index contributed by atoms with van der Waals surface area (Å²) in [6.45, 7) is 4.01. The van der Waals surface area contributed by atoms with Gasteiger partial charge in [0, 0.05) is 25.2 Å². The van der Waals surface area contributed by atoms with Crippen molar-refractivity contribution in [1.82, 2.24) is 20.9 Å². The van der Waals surface area contributed by atoms with E-state index in [1.54, 1.807) is 30.5 Å². The van der Waals surface area contributed by atoms with Gasteiger partial charge in [-0.3, -0.25) is 4.79 Å². The second kappa shape index (κ2) is 11.0. The molecule has 0 unspecified atom stereocenters. The van der Waals surface area contributed by atoms with Crippen LogP contribution in [-0.4, -0.2) is 36.5 Å². The van der Waals surface area contributed by atoms with Crippen LogP contribution >= 0.6 is 11.6 Å². The highest BCUT2D eigenvalue weighted by atomic mass is 35.5. The molecule has 0 saturated heterocycles. The van der Waals surface area contributed by atoms with Crippen molar-refractivity contribution in [3.05, 3.63) is 77.1 Å². The Hall–Kier alpha value is -3.32. The lowest BCUT2D eigenvalue weighted by Crippen LogP contribution is -2.41. The van der Waals surface area contributed by atoms with Gasteiger partial charge in [0.15, 0.2) is 5.96 Å². The number of aliphatic imine (C=N–C) groups is 1. The zero-order valence-corrected chi connectivity index (χ0v) is 17.4. The van der Waals surface area contributed by atoms with Gasteiger partial charge in [-0.1, -0.05) is 41.9 Å². The first-order valence-electron chi connectivity index (χ1n) is 9.72. The third-order valence-electron chi connectivity index (χ3n) is 4.14. The van der Waals surface area contributed by atoms with Crippen LogP contribution in [0.25, 0.3) is 11.5 Å². The molecule has 0 radical (unpaired) electrons. The number of benzene rings is 2. The van der Waals surface area contributed by atoms with Gasteiger partial charge in [0.25, 0.3) is 5.91 Å². The van der Waals surface area contributed by atoms with Crippen LogP contribution in [0.4, 0.5) is 0 Å². The first-order valence-corrected chi connectivity index (χ1v) is 10.1. The van der Waals surface area contributed by atoms with E-state index in [1.165, 1.54) is 0 Å². The Bertz CT molecular complexity index is 988. The van der Waals surface area contributed by atoms with E-state index in [0.717, 1.165) is 11.3 Å². The SMILES string of the molecule is CCNC(=NCc1coc(-c2ccccc2)n1)NCCNC(=O)c1ccccc1Cl. The van der Waals surface area contributed by atoms with Crippen LogP contribution in [0.15, 0.2) is 70.3 Å². The number of amides is 1. The summed E-state index contributed by atoms with van der Waals surface area (Å²) in [7, 11) is 0. The van der Waals surface area contributed by atoms with Gasteiger partial charge in [0.2, 0.25) is 5.89 Å². The second-order valence-electron chi connectivity index (χ2n) is 6.37. The maximum atomic E-state index is 12.2. The predicted molar refractivity (Wildman–Crippen MR) is 119 cm³/mol. The smallest absolute Gasteiger partial charge is 0.252 e. The third kappa shape index (κ3) is 6.09. The topological polar surface area (TPSA) is 91.6 Å². The van der Waals surface area contributed by atoms with E-state index >= 15 is 0 Å². The summed E-state index contributed by atoms with van der Waals surface area (Å²) in [5.74, 6) is 0.996. The highest BCUT2D eigenvalue weighted by molar-refractivity contribution is 6.33. The molecule has 0 aliphatic heterocycles. The normalized spacial score (nSPS) is 11.2. The van der Waals surface area contributed by atoms with Crippen molar-refractivity contribution in [2.24, 2.45) is 4.99 Å². The van der Waals surface area contributed by atoms with Gasteiger partial charge in [-0.25, -0.2) is 9.98 Å². The van der Waals surface area contributed by atoms with Crippen molar-refractivity contribution in [2.75, 3.05) is 19.6 Å². The fraction of sp³-hybridized carbons (Fsp3) is 0.227. The number of hydrogen-bond donors (Lipinski definition) is 3. The fourth-order valence-electron chi connectivity index (χ4n) is 2.69. The van der Waals surface area contributed by atoms with Crippen LogP contribution in [0.5, 0.6) is 0 Å². The summed E-state index contributed by atoms with van der Waals surface area (Å²) in [6.07, 6.45) is 1.61. The lowest BCUT2D eigenvalue weighted by atomic mass is 10.2. The van der Waals surface area contributed by atoms with Gasteiger partial charge in [0.05, 0.1) is 17.1 Å². The van der Waals surface area contributed by atoms with E-state index in [9.17, 15) is 4.79 Å². The lowest BCUT2D eigenvalue weighted by molar-refractivity contribution is 0.0954. The molecule has 1 heterocycles. The molecule has 156 valence electrons. The van der Waals surface area contributed by atoms with Gasteiger partial charge in [0.1, 0.15) is 12.0 Å². The molecule has 0 bridgehead atoms.